The SMILES string of the molecule is NNC(=O)C1CCOC(c2cnc(-c3ccc(OC(F)(F)F)cc3)cn2)C1. The summed E-state index contributed by atoms with van der Waals surface area (Å²) in [6, 6.07) is 5.34. The highest BCUT2D eigenvalue weighted by Crippen LogP contribution is 2.31. The molecule has 3 rings (SSSR count). The summed E-state index contributed by atoms with van der Waals surface area (Å²) in [4.78, 5) is 20.3. The van der Waals surface area contributed by atoms with Crippen LogP contribution in [0.1, 0.15) is 24.6 Å². The van der Waals surface area contributed by atoms with Crippen molar-refractivity contribution in [2.75, 3.05) is 6.61 Å². The zero-order valence-corrected chi connectivity index (χ0v) is 14.1. The minimum absolute atomic E-state index is 0.242. The van der Waals surface area contributed by atoms with Crippen LogP contribution in [0.15, 0.2) is 36.7 Å². The lowest BCUT2D eigenvalue weighted by Crippen LogP contribution is -2.39. The molecule has 0 radical (unpaired) electrons. The molecule has 1 aliphatic heterocycles. The zero-order chi connectivity index (χ0) is 19.4. The second-order valence-corrected chi connectivity index (χ2v) is 5.99. The molecule has 2 heterocycles. The molecule has 1 saturated heterocycles. The van der Waals surface area contributed by atoms with Crippen LogP contribution in [0.2, 0.25) is 0 Å². The van der Waals surface area contributed by atoms with E-state index in [-0.39, 0.29) is 23.7 Å². The van der Waals surface area contributed by atoms with Crippen LogP contribution in [-0.4, -0.2) is 28.8 Å². The van der Waals surface area contributed by atoms with Crippen LogP contribution in [-0.2, 0) is 9.53 Å². The predicted molar refractivity (Wildman–Crippen MR) is 87.9 cm³/mol. The number of rotatable bonds is 4. The van der Waals surface area contributed by atoms with Crippen molar-refractivity contribution < 1.29 is 27.4 Å². The third-order valence-corrected chi connectivity index (χ3v) is 4.18. The number of halogens is 3. The van der Waals surface area contributed by atoms with Gasteiger partial charge in [-0.25, -0.2) is 5.84 Å². The first-order chi connectivity index (χ1) is 12.9. The largest absolute Gasteiger partial charge is 0.573 e. The van der Waals surface area contributed by atoms with Crippen molar-refractivity contribution in [3.05, 3.63) is 42.4 Å². The number of carbonyl (C=O) groups is 1. The van der Waals surface area contributed by atoms with E-state index < -0.39 is 6.36 Å². The summed E-state index contributed by atoms with van der Waals surface area (Å²) in [6.45, 7) is 0.410. The van der Waals surface area contributed by atoms with Crippen molar-refractivity contribution in [2.24, 2.45) is 11.8 Å². The van der Waals surface area contributed by atoms with Crippen LogP contribution in [0.3, 0.4) is 0 Å². The van der Waals surface area contributed by atoms with Gasteiger partial charge in [0.15, 0.2) is 0 Å². The number of carbonyl (C=O) groups excluding carboxylic acids is 1. The summed E-state index contributed by atoms with van der Waals surface area (Å²) in [5.74, 6) is 4.37. The molecule has 1 fully saturated rings. The molecular weight excluding hydrogens is 365 g/mol. The average Bonchev–Trinajstić information content (AvgIpc) is 2.67. The molecule has 1 aromatic heterocycles. The molecule has 1 amide bonds. The molecule has 2 aromatic rings. The number of hydrazine groups is 1. The number of nitrogens with zero attached hydrogens (tertiary/aromatic N) is 2. The van der Waals surface area contributed by atoms with Crippen molar-refractivity contribution >= 4 is 5.91 Å². The van der Waals surface area contributed by atoms with Crippen molar-refractivity contribution in [3.63, 3.8) is 0 Å². The maximum Gasteiger partial charge on any atom is 0.573 e. The molecule has 3 N–H and O–H groups in total. The fourth-order valence-corrected chi connectivity index (χ4v) is 2.84. The van der Waals surface area contributed by atoms with Gasteiger partial charge < -0.3 is 9.47 Å². The molecule has 1 aromatic carbocycles. The Kier molecular flexibility index (Phi) is 5.57. The van der Waals surface area contributed by atoms with E-state index in [1.165, 1.54) is 36.7 Å². The molecule has 2 unspecified atom stereocenters. The van der Waals surface area contributed by atoms with E-state index in [2.05, 4.69) is 20.1 Å². The Morgan fingerprint density at radius 1 is 1.22 bits per heavy atom. The highest BCUT2D eigenvalue weighted by molar-refractivity contribution is 5.78. The lowest BCUT2D eigenvalue weighted by molar-refractivity contribution is -0.274. The van der Waals surface area contributed by atoms with Gasteiger partial charge in [0.25, 0.3) is 0 Å². The monoisotopic (exact) mass is 382 g/mol. The van der Waals surface area contributed by atoms with E-state index in [1.807, 2.05) is 0 Å². The van der Waals surface area contributed by atoms with Gasteiger partial charge in [0, 0.05) is 18.1 Å². The van der Waals surface area contributed by atoms with Crippen molar-refractivity contribution in [2.45, 2.75) is 25.3 Å². The lowest BCUT2D eigenvalue weighted by Gasteiger charge is -2.27. The van der Waals surface area contributed by atoms with Crippen LogP contribution in [0.4, 0.5) is 13.2 Å². The standard InChI is InChI=1S/C17H17F3N4O3/c18-17(19,20)27-12-3-1-10(2-4-12)13-8-23-14(9-22-13)15-7-11(5-6-26-15)16(25)24-21/h1-4,8-9,11,15H,5-7,21H2,(H,24,25). The average molecular weight is 382 g/mol. The van der Waals surface area contributed by atoms with Crippen molar-refractivity contribution in [1.29, 1.82) is 0 Å². The maximum atomic E-state index is 12.2. The summed E-state index contributed by atoms with van der Waals surface area (Å²) < 4.78 is 46.1. The highest BCUT2D eigenvalue weighted by Gasteiger charge is 2.31. The number of nitrogens with two attached hydrogens (primary N) is 1. The van der Waals surface area contributed by atoms with Gasteiger partial charge in [-0.05, 0) is 37.1 Å². The maximum absolute atomic E-state index is 12.2. The first kappa shape index (κ1) is 19.1. The fraction of sp³-hybridized carbons (Fsp3) is 0.353. The Labute approximate surface area is 152 Å². The Hall–Kier alpha value is -2.72. The quantitative estimate of drug-likeness (QED) is 0.479. The third-order valence-electron chi connectivity index (χ3n) is 4.18. The van der Waals surface area contributed by atoms with Gasteiger partial charge in [0.1, 0.15) is 11.9 Å². The van der Waals surface area contributed by atoms with Gasteiger partial charge in [0.2, 0.25) is 5.91 Å². The number of hydrogen-bond donors (Lipinski definition) is 2. The first-order valence-corrected chi connectivity index (χ1v) is 8.16. The molecule has 27 heavy (non-hydrogen) atoms. The van der Waals surface area contributed by atoms with Crippen LogP contribution in [0.25, 0.3) is 11.3 Å². The molecule has 144 valence electrons. The van der Waals surface area contributed by atoms with Gasteiger partial charge in [0.05, 0.1) is 23.8 Å². The Bertz CT molecular complexity index is 782. The van der Waals surface area contributed by atoms with Gasteiger partial charge in [-0.15, -0.1) is 13.2 Å². The summed E-state index contributed by atoms with van der Waals surface area (Å²) in [5.41, 5.74) is 3.80. The molecule has 10 heteroatoms. The van der Waals surface area contributed by atoms with E-state index in [0.29, 0.717) is 36.4 Å². The molecule has 7 nitrogen and oxygen atoms in total. The van der Waals surface area contributed by atoms with E-state index in [1.54, 1.807) is 0 Å². The van der Waals surface area contributed by atoms with Gasteiger partial charge in [-0.3, -0.25) is 20.2 Å². The Morgan fingerprint density at radius 3 is 2.56 bits per heavy atom. The molecule has 0 saturated carbocycles. The van der Waals surface area contributed by atoms with E-state index in [0.717, 1.165) is 0 Å². The molecule has 1 aliphatic rings. The Balaban J connectivity index is 1.69. The van der Waals surface area contributed by atoms with E-state index in [9.17, 15) is 18.0 Å². The fourth-order valence-electron chi connectivity index (χ4n) is 2.84. The predicted octanol–water partition coefficient (Wildman–Crippen LogP) is 2.50. The minimum atomic E-state index is -4.73. The van der Waals surface area contributed by atoms with Crippen LogP contribution in [0, 0.1) is 5.92 Å². The van der Waals surface area contributed by atoms with E-state index >= 15 is 0 Å². The van der Waals surface area contributed by atoms with Gasteiger partial charge in [-0.2, -0.15) is 0 Å². The summed E-state index contributed by atoms with van der Waals surface area (Å²) in [5, 5.41) is 0. The number of alkyl halides is 3. The molecule has 0 spiro atoms. The smallest absolute Gasteiger partial charge is 0.406 e. The first-order valence-electron chi connectivity index (χ1n) is 8.16. The topological polar surface area (TPSA) is 99.4 Å². The number of nitrogens with one attached hydrogen (secondary N) is 1. The summed E-state index contributed by atoms with van der Waals surface area (Å²) >= 11 is 0. The third kappa shape index (κ3) is 4.92. The van der Waals surface area contributed by atoms with E-state index in [4.69, 9.17) is 10.6 Å². The number of ether oxygens (including phenoxy) is 2. The second-order valence-electron chi connectivity index (χ2n) is 5.99. The van der Waals surface area contributed by atoms with Crippen molar-refractivity contribution in [3.8, 4) is 17.0 Å². The second kappa shape index (κ2) is 7.89. The van der Waals surface area contributed by atoms with Gasteiger partial charge >= 0.3 is 6.36 Å². The normalized spacial score (nSPS) is 20.1. The Morgan fingerprint density at radius 2 is 1.96 bits per heavy atom. The number of amides is 1. The van der Waals surface area contributed by atoms with Gasteiger partial charge in [-0.1, -0.05) is 0 Å². The number of aromatic nitrogens is 2. The lowest BCUT2D eigenvalue weighted by atomic mass is 9.93. The number of hydrogen-bond acceptors (Lipinski definition) is 6. The number of benzene rings is 1. The highest BCUT2D eigenvalue weighted by atomic mass is 19.4. The molecule has 2 atom stereocenters. The molecule has 0 bridgehead atoms. The summed E-state index contributed by atoms with van der Waals surface area (Å²) in [6.07, 6.45) is -1.04. The molecule has 0 aliphatic carbocycles. The van der Waals surface area contributed by atoms with Crippen molar-refractivity contribution in [1.82, 2.24) is 15.4 Å². The zero-order valence-electron chi connectivity index (χ0n) is 14.1. The van der Waals surface area contributed by atoms with Crippen LogP contribution < -0.4 is 16.0 Å². The minimum Gasteiger partial charge on any atom is -0.406 e. The summed E-state index contributed by atoms with van der Waals surface area (Å²) in [7, 11) is 0. The molecular formula is C17H17F3N4O3. The van der Waals surface area contributed by atoms with Crippen LogP contribution >= 0.6 is 0 Å². The van der Waals surface area contributed by atoms with Crippen LogP contribution in [0.5, 0.6) is 5.75 Å².